The van der Waals surface area contributed by atoms with Gasteiger partial charge in [0, 0.05) is 0 Å². The first-order valence-corrected chi connectivity index (χ1v) is 7.52. The second kappa shape index (κ2) is 6.87. The number of allylic oxidation sites excluding steroid dienone is 2. The Kier molecular flexibility index (Phi) is 6.91. The van der Waals surface area contributed by atoms with Crippen molar-refractivity contribution in [2.45, 2.75) is 74.1 Å². The Morgan fingerprint density at radius 1 is 1.18 bits per heavy atom. The van der Waals surface area contributed by atoms with Crippen LogP contribution in [0.25, 0.3) is 0 Å². The van der Waals surface area contributed by atoms with Gasteiger partial charge in [0.25, 0.3) is 0 Å². The van der Waals surface area contributed by atoms with Gasteiger partial charge in [-0.1, -0.05) is 66.9 Å². The topological polar surface area (TPSA) is 0 Å². The molecule has 0 N–H and O–H groups in total. The lowest BCUT2D eigenvalue weighted by molar-refractivity contribution is 0.0679. The molecule has 102 valence electrons. The minimum atomic E-state index is 0.202. The molecule has 0 nitrogen and oxygen atoms in total. The predicted molar refractivity (Wildman–Crippen MR) is 83.6 cm³/mol. The van der Waals surface area contributed by atoms with Crippen molar-refractivity contribution in [3.05, 3.63) is 11.0 Å². The van der Waals surface area contributed by atoms with Crippen molar-refractivity contribution >= 4 is 12.6 Å². The normalized spacial score (nSPS) is 16.1. The molecule has 0 aromatic heterocycles. The minimum Gasteiger partial charge on any atom is -0.148 e. The molecule has 0 heterocycles. The van der Waals surface area contributed by atoms with Gasteiger partial charge >= 0.3 is 0 Å². The highest BCUT2D eigenvalue weighted by Gasteiger charge is 2.40. The van der Waals surface area contributed by atoms with Crippen LogP contribution < -0.4 is 0 Å². The fourth-order valence-electron chi connectivity index (χ4n) is 2.76. The molecule has 0 saturated heterocycles. The van der Waals surface area contributed by atoms with Gasteiger partial charge in [-0.3, -0.25) is 0 Å². The SMILES string of the molecule is CCCCC(CC)C(C)(C)C(C)(C)/C=C(\C)S. The molecule has 0 aliphatic heterocycles. The Labute approximate surface area is 115 Å². The van der Waals surface area contributed by atoms with Crippen molar-refractivity contribution in [2.75, 3.05) is 0 Å². The van der Waals surface area contributed by atoms with Gasteiger partial charge in [-0.15, -0.1) is 12.6 Å². The highest BCUT2D eigenvalue weighted by Crippen LogP contribution is 2.49. The third kappa shape index (κ3) is 4.69. The van der Waals surface area contributed by atoms with E-state index in [1.54, 1.807) is 0 Å². The molecular formula is C16H32S. The molecule has 0 rings (SSSR count). The standard InChI is InChI=1S/C16H32S/c1-8-10-11-14(9-2)16(6,7)15(4,5)12-13(3)17/h12,14,17H,8-11H2,1-7H3/b13-12+. The fourth-order valence-corrected chi connectivity index (χ4v) is 3.08. The maximum atomic E-state index is 4.45. The summed E-state index contributed by atoms with van der Waals surface area (Å²) in [6.45, 7) is 16.2. The monoisotopic (exact) mass is 256 g/mol. The minimum absolute atomic E-state index is 0.202. The van der Waals surface area contributed by atoms with Gasteiger partial charge in [0.1, 0.15) is 0 Å². The molecule has 0 amide bonds. The number of unbranched alkanes of at least 4 members (excludes halogenated alkanes) is 1. The summed E-state index contributed by atoms with van der Waals surface area (Å²) in [6, 6.07) is 0. The van der Waals surface area contributed by atoms with Crippen LogP contribution in [0.15, 0.2) is 11.0 Å². The summed E-state index contributed by atoms with van der Waals surface area (Å²) >= 11 is 4.45. The summed E-state index contributed by atoms with van der Waals surface area (Å²) in [6.07, 6.45) is 7.60. The molecule has 0 fully saturated rings. The average Bonchev–Trinajstić information content (AvgIpc) is 2.16. The van der Waals surface area contributed by atoms with Gasteiger partial charge < -0.3 is 0 Å². The summed E-state index contributed by atoms with van der Waals surface area (Å²) in [5, 5.41) is 0. The number of hydrogen-bond donors (Lipinski definition) is 1. The van der Waals surface area contributed by atoms with E-state index in [9.17, 15) is 0 Å². The molecule has 0 aromatic carbocycles. The number of hydrogen-bond acceptors (Lipinski definition) is 1. The fraction of sp³-hybridized carbons (Fsp3) is 0.875. The largest absolute Gasteiger partial charge is 0.148 e. The zero-order valence-electron chi connectivity index (χ0n) is 12.9. The molecule has 0 saturated carbocycles. The van der Waals surface area contributed by atoms with Crippen molar-refractivity contribution in [3.8, 4) is 0 Å². The van der Waals surface area contributed by atoms with Crippen LogP contribution in [0.4, 0.5) is 0 Å². The Hall–Kier alpha value is 0.0900. The average molecular weight is 256 g/mol. The van der Waals surface area contributed by atoms with Gasteiger partial charge in [-0.2, -0.15) is 0 Å². The smallest absolute Gasteiger partial charge is 0.0110 e. The van der Waals surface area contributed by atoms with Crippen LogP contribution in [0.5, 0.6) is 0 Å². The van der Waals surface area contributed by atoms with Crippen LogP contribution >= 0.6 is 12.6 Å². The zero-order valence-corrected chi connectivity index (χ0v) is 13.8. The van der Waals surface area contributed by atoms with E-state index in [1.165, 1.54) is 25.7 Å². The lowest BCUT2D eigenvalue weighted by atomic mass is 9.59. The second-order valence-corrected chi connectivity index (χ2v) is 7.18. The van der Waals surface area contributed by atoms with E-state index in [1.807, 2.05) is 0 Å². The van der Waals surface area contributed by atoms with Crippen LogP contribution in [0.2, 0.25) is 0 Å². The van der Waals surface area contributed by atoms with Crippen molar-refractivity contribution in [2.24, 2.45) is 16.7 Å². The van der Waals surface area contributed by atoms with E-state index in [4.69, 9.17) is 0 Å². The van der Waals surface area contributed by atoms with E-state index in [2.05, 4.69) is 67.2 Å². The highest BCUT2D eigenvalue weighted by molar-refractivity contribution is 7.84. The Morgan fingerprint density at radius 2 is 1.71 bits per heavy atom. The molecule has 0 radical (unpaired) electrons. The first kappa shape index (κ1) is 17.1. The summed E-state index contributed by atoms with van der Waals surface area (Å²) in [5.41, 5.74) is 0.522. The lowest BCUT2D eigenvalue weighted by Gasteiger charge is -2.46. The number of thiol groups is 1. The maximum Gasteiger partial charge on any atom is -0.0110 e. The van der Waals surface area contributed by atoms with Crippen molar-refractivity contribution in [3.63, 3.8) is 0 Å². The number of rotatable bonds is 7. The molecule has 1 atom stereocenters. The van der Waals surface area contributed by atoms with Crippen LogP contribution in [-0.2, 0) is 0 Å². The van der Waals surface area contributed by atoms with Crippen molar-refractivity contribution < 1.29 is 0 Å². The molecule has 0 bridgehead atoms. The zero-order chi connectivity index (χ0) is 13.7. The summed E-state index contributed by atoms with van der Waals surface area (Å²) in [7, 11) is 0. The Balaban J connectivity index is 4.99. The summed E-state index contributed by atoms with van der Waals surface area (Å²) < 4.78 is 0. The molecule has 0 spiro atoms. The first-order valence-electron chi connectivity index (χ1n) is 7.07. The van der Waals surface area contributed by atoms with Gasteiger partial charge in [0.2, 0.25) is 0 Å². The van der Waals surface area contributed by atoms with Gasteiger partial charge in [-0.05, 0) is 35.0 Å². The van der Waals surface area contributed by atoms with E-state index in [-0.39, 0.29) is 5.41 Å². The molecule has 0 aliphatic carbocycles. The van der Waals surface area contributed by atoms with Gasteiger partial charge in [0.05, 0.1) is 0 Å². The van der Waals surface area contributed by atoms with E-state index in [0.717, 1.165) is 10.8 Å². The van der Waals surface area contributed by atoms with Crippen LogP contribution in [0, 0.1) is 16.7 Å². The van der Waals surface area contributed by atoms with E-state index < -0.39 is 0 Å². The molecule has 0 aromatic rings. The maximum absolute atomic E-state index is 4.45. The second-order valence-electron chi connectivity index (χ2n) is 6.48. The van der Waals surface area contributed by atoms with Gasteiger partial charge in [0.15, 0.2) is 0 Å². The lowest BCUT2D eigenvalue weighted by Crippen LogP contribution is -2.38. The van der Waals surface area contributed by atoms with Gasteiger partial charge in [-0.25, -0.2) is 0 Å². The predicted octanol–water partition coefficient (Wildman–Crippen LogP) is 6.09. The van der Waals surface area contributed by atoms with E-state index >= 15 is 0 Å². The Bertz CT molecular complexity index is 244. The molecular weight excluding hydrogens is 224 g/mol. The molecule has 1 unspecified atom stereocenters. The van der Waals surface area contributed by atoms with Crippen LogP contribution in [-0.4, -0.2) is 0 Å². The third-order valence-electron chi connectivity index (χ3n) is 4.65. The Morgan fingerprint density at radius 3 is 2.06 bits per heavy atom. The molecule has 17 heavy (non-hydrogen) atoms. The highest BCUT2D eigenvalue weighted by atomic mass is 32.1. The first-order chi connectivity index (χ1) is 7.69. The van der Waals surface area contributed by atoms with E-state index in [0.29, 0.717) is 5.41 Å². The van der Waals surface area contributed by atoms with Crippen LogP contribution in [0.1, 0.15) is 74.1 Å². The van der Waals surface area contributed by atoms with Crippen LogP contribution in [0.3, 0.4) is 0 Å². The molecule has 1 heteroatoms. The summed E-state index contributed by atoms with van der Waals surface area (Å²) in [4.78, 5) is 1.13. The van der Waals surface area contributed by atoms with Crippen molar-refractivity contribution in [1.29, 1.82) is 0 Å². The third-order valence-corrected chi connectivity index (χ3v) is 4.78. The molecule has 0 aliphatic rings. The quantitative estimate of drug-likeness (QED) is 0.524. The van der Waals surface area contributed by atoms with Crippen molar-refractivity contribution in [1.82, 2.24) is 0 Å². The summed E-state index contributed by atoms with van der Waals surface area (Å²) in [5.74, 6) is 0.793.